The highest BCUT2D eigenvalue weighted by molar-refractivity contribution is 9.10. The fraction of sp³-hybridized carbons (Fsp3) is 0.235. The van der Waals surface area contributed by atoms with E-state index in [-0.39, 0.29) is 5.91 Å². The maximum atomic E-state index is 12.3. The van der Waals surface area contributed by atoms with Gasteiger partial charge in [0.1, 0.15) is 5.75 Å². The Labute approximate surface area is 143 Å². The molecule has 2 rings (SSSR count). The van der Waals surface area contributed by atoms with Crippen molar-refractivity contribution in [3.05, 3.63) is 57.5 Å². The number of ether oxygens (including phenoxy) is 1. The number of benzene rings is 2. The van der Waals surface area contributed by atoms with E-state index in [1.54, 1.807) is 12.1 Å². The maximum Gasteiger partial charge on any atom is 0.265 e. The zero-order valence-electron chi connectivity index (χ0n) is 12.4. The highest BCUT2D eigenvalue weighted by atomic mass is 79.9. The predicted octanol–water partition coefficient (Wildman–Crippen LogP) is 5.21. The predicted molar refractivity (Wildman–Crippen MR) is 93.7 cm³/mol. The number of aryl methyl sites for hydroxylation is 1. The molecule has 0 bridgehead atoms. The normalized spacial score (nSPS) is 11.8. The molecule has 116 valence electrons. The molecule has 5 heteroatoms. The van der Waals surface area contributed by atoms with Gasteiger partial charge in [-0.15, -0.1) is 0 Å². The van der Waals surface area contributed by atoms with Gasteiger partial charge in [0.15, 0.2) is 6.10 Å². The first-order valence-corrected chi connectivity index (χ1v) is 8.16. The van der Waals surface area contributed by atoms with Crippen LogP contribution in [-0.4, -0.2) is 12.0 Å². The van der Waals surface area contributed by atoms with Gasteiger partial charge < -0.3 is 10.1 Å². The van der Waals surface area contributed by atoms with E-state index in [4.69, 9.17) is 16.3 Å². The minimum atomic E-state index is -0.556. The van der Waals surface area contributed by atoms with E-state index in [0.717, 1.165) is 15.7 Å². The third-order valence-corrected chi connectivity index (χ3v) is 4.08. The van der Waals surface area contributed by atoms with Crippen LogP contribution in [0.5, 0.6) is 5.75 Å². The summed E-state index contributed by atoms with van der Waals surface area (Å²) in [6, 6.07) is 12.8. The average molecular weight is 383 g/mol. The molecule has 3 nitrogen and oxygen atoms in total. The Kier molecular flexibility index (Phi) is 5.86. The van der Waals surface area contributed by atoms with Crippen molar-refractivity contribution >= 4 is 39.1 Å². The Morgan fingerprint density at radius 3 is 2.73 bits per heavy atom. The van der Waals surface area contributed by atoms with Crippen LogP contribution in [0.25, 0.3) is 0 Å². The lowest BCUT2D eigenvalue weighted by Gasteiger charge is -2.18. The van der Waals surface area contributed by atoms with Crippen molar-refractivity contribution in [2.45, 2.75) is 26.4 Å². The van der Waals surface area contributed by atoms with E-state index >= 15 is 0 Å². The SMILES string of the molecule is CC[C@@H](Oc1ccc(Cl)c(C)c1)C(=O)Nc1cccc(Br)c1. The van der Waals surface area contributed by atoms with Crippen LogP contribution in [0.1, 0.15) is 18.9 Å². The second-order valence-electron chi connectivity index (χ2n) is 4.93. The lowest BCUT2D eigenvalue weighted by Crippen LogP contribution is -2.32. The molecule has 1 atom stereocenters. The number of anilines is 1. The zero-order valence-corrected chi connectivity index (χ0v) is 14.7. The standard InChI is InChI=1S/C17H17BrClNO2/c1-3-16(22-14-7-8-15(19)11(2)9-14)17(21)20-13-6-4-5-12(18)10-13/h4-10,16H,3H2,1-2H3,(H,20,21)/t16-/m1/s1. The van der Waals surface area contributed by atoms with E-state index in [0.29, 0.717) is 17.2 Å². The molecular formula is C17H17BrClNO2. The first-order valence-electron chi connectivity index (χ1n) is 6.99. The molecular weight excluding hydrogens is 366 g/mol. The van der Waals surface area contributed by atoms with Crippen molar-refractivity contribution in [3.8, 4) is 5.75 Å². The minimum absolute atomic E-state index is 0.173. The van der Waals surface area contributed by atoms with E-state index < -0.39 is 6.10 Å². The molecule has 0 aromatic heterocycles. The van der Waals surface area contributed by atoms with Gasteiger partial charge >= 0.3 is 0 Å². The lowest BCUT2D eigenvalue weighted by molar-refractivity contribution is -0.122. The van der Waals surface area contributed by atoms with E-state index in [2.05, 4.69) is 21.2 Å². The summed E-state index contributed by atoms with van der Waals surface area (Å²) in [6.45, 7) is 3.81. The molecule has 0 unspecified atom stereocenters. The largest absolute Gasteiger partial charge is 0.481 e. The van der Waals surface area contributed by atoms with Crippen molar-refractivity contribution in [2.24, 2.45) is 0 Å². The summed E-state index contributed by atoms with van der Waals surface area (Å²) in [5.41, 5.74) is 1.65. The third-order valence-electron chi connectivity index (χ3n) is 3.16. The van der Waals surface area contributed by atoms with E-state index in [1.807, 2.05) is 44.2 Å². The zero-order chi connectivity index (χ0) is 16.1. The average Bonchev–Trinajstić information content (AvgIpc) is 2.48. The van der Waals surface area contributed by atoms with Gasteiger partial charge in [0.25, 0.3) is 5.91 Å². The van der Waals surface area contributed by atoms with Crippen LogP contribution in [0, 0.1) is 6.92 Å². The number of amides is 1. The first kappa shape index (κ1) is 16.8. The van der Waals surface area contributed by atoms with Crippen LogP contribution in [-0.2, 0) is 4.79 Å². The molecule has 1 N–H and O–H groups in total. The Balaban J connectivity index is 2.07. The molecule has 0 spiro atoms. The lowest BCUT2D eigenvalue weighted by atomic mass is 10.2. The van der Waals surface area contributed by atoms with Crippen LogP contribution in [0.15, 0.2) is 46.9 Å². The molecule has 0 saturated heterocycles. The summed E-state index contributed by atoms with van der Waals surface area (Å²) in [5, 5.41) is 3.54. The number of nitrogens with one attached hydrogen (secondary N) is 1. The van der Waals surface area contributed by atoms with Crippen LogP contribution in [0.3, 0.4) is 0 Å². The van der Waals surface area contributed by atoms with Crippen molar-refractivity contribution in [1.82, 2.24) is 0 Å². The topological polar surface area (TPSA) is 38.3 Å². The van der Waals surface area contributed by atoms with E-state index in [1.165, 1.54) is 0 Å². The van der Waals surface area contributed by atoms with Crippen LogP contribution >= 0.6 is 27.5 Å². The van der Waals surface area contributed by atoms with Crippen molar-refractivity contribution in [2.75, 3.05) is 5.32 Å². The summed E-state index contributed by atoms with van der Waals surface area (Å²) >= 11 is 9.38. The molecule has 0 heterocycles. The first-order chi connectivity index (χ1) is 10.5. The third kappa shape index (κ3) is 4.49. The molecule has 22 heavy (non-hydrogen) atoms. The Bertz CT molecular complexity index is 675. The van der Waals surface area contributed by atoms with Crippen LogP contribution in [0.2, 0.25) is 5.02 Å². The van der Waals surface area contributed by atoms with Gasteiger partial charge in [-0.25, -0.2) is 0 Å². The van der Waals surface area contributed by atoms with Gasteiger partial charge in [0.2, 0.25) is 0 Å². The van der Waals surface area contributed by atoms with E-state index in [9.17, 15) is 4.79 Å². The van der Waals surface area contributed by atoms with Gasteiger partial charge in [-0.2, -0.15) is 0 Å². The summed E-state index contributed by atoms with van der Waals surface area (Å²) in [6.07, 6.45) is 0.0150. The fourth-order valence-corrected chi connectivity index (χ4v) is 2.48. The smallest absolute Gasteiger partial charge is 0.265 e. The van der Waals surface area contributed by atoms with Gasteiger partial charge in [0, 0.05) is 15.2 Å². The molecule has 0 aliphatic carbocycles. The highest BCUT2D eigenvalue weighted by Crippen LogP contribution is 2.23. The van der Waals surface area contributed by atoms with Crippen LogP contribution in [0.4, 0.5) is 5.69 Å². The quantitative estimate of drug-likeness (QED) is 0.771. The molecule has 2 aromatic rings. The Morgan fingerprint density at radius 1 is 1.32 bits per heavy atom. The molecule has 0 saturated carbocycles. The van der Waals surface area contributed by atoms with Crippen molar-refractivity contribution in [3.63, 3.8) is 0 Å². The van der Waals surface area contributed by atoms with Gasteiger partial charge in [0.05, 0.1) is 0 Å². The second kappa shape index (κ2) is 7.65. The molecule has 0 aliphatic rings. The molecule has 0 aliphatic heterocycles. The summed E-state index contributed by atoms with van der Waals surface area (Å²) in [5.74, 6) is 0.464. The molecule has 1 amide bonds. The number of rotatable bonds is 5. The molecule has 0 radical (unpaired) electrons. The van der Waals surface area contributed by atoms with Crippen molar-refractivity contribution < 1.29 is 9.53 Å². The second-order valence-corrected chi connectivity index (χ2v) is 6.25. The Hall–Kier alpha value is -1.52. The number of carbonyl (C=O) groups excluding carboxylic acids is 1. The number of carbonyl (C=O) groups is 1. The van der Waals surface area contributed by atoms with Gasteiger partial charge in [-0.05, 0) is 55.3 Å². The summed E-state index contributed by atoms with van der Waals surface area (Å²) in [7, 11) is 0. The minimum Gasteiger partial charge on any atom is -0.481 e. The highest BCUT2D eigenvalue weighted by Gasteiger charge is 2.18. The number of hydrogen-bond donors (Lipinski definition) is 1. The summed E-state index contributed by atoms with van der Waals surface area (Å²) < 4.78 is 6.69. The monoisotopic (exact) mass is 381 g/mol. The maximum absolute atomic E-state index is 12.3. The Morgan fingerprint density at radius 2 is 2.09 bits per heavy atom. The molecule has 0 fully saturated rings. The van der Waals surface area contributed by atoms with Gasteiger partial charge in [-0.1, -0.05) is 40.5 Å². The number of halogens is 2. The van der Waals surface area contributed by atoms with Crippen LogP contribution < -0.4 is 10.1 Å². The van der Waals surface area contributed by atoms with Gasteiger partial charge in [-0.3, -0.25) is 4.79 Å². The van der Waals surface area contributed by atoms with Crippen molar-refractivity contribution in [1.29, 1.82) is 0 Å². The summed E-state index contributed by atoms with van der Waals surface area (Å²) in [4.78, 5) is 12.3. The fourth-order valence-electron chi connectivity index (χ4n) is 1.97. The molecule has 2 aromatic carbocycles. The number of hydrogen-bond acceptors (Lipinski definition) is 2.